The summed E-state index contributed by atoms with van der Waals surface area (Å²) in [7, 11) is 0. The fraction of sp³-hybridized carbons (Fsp3) is 0.429. The largest absolute Gasteiger partial charge is 0.461 e. The smallest absolute Gasteiger partial charge is 0.169 e. The highest BCUT2D eigenvalue weighted by Crippen LogP contribution is 2.24. The van der Waals surface area contributed by atoms with E-state index in [1.807, 2.05) is 47.6 Å². The van der Waals surface area contributed by atoms with Gasteiger partial charge >= 0.3 is 0 Å². The van der Waals surface area contributed by atoms with E-state index in [0.717, 1.165) is 17.4 Å². The van der Waals surface area contributed by atoms with Crippen LogP contribution < -0.4 is 0 Å². The molecule has 0 atom stereocenters. The van der Waals surface area contributed by atoms with E-state index >= 15 is 0 Å². The summed E-state index contributed by atoms with van der Waals surface area (Å²) >= 11 is 0. The molecule has 0 aliphatic heterocycles. The highest BCUT2D eigenvalue weighted by atomic mass is 19.1. The number of hydrogen-bond donors (Lipinski definition) is 0. The van der Waals surface area contributed by atoms with Gasteiger partial charge in [-0.25, -0.2) is 4.39 Å². The Labute approximate surface area is 97.3 Å². The molecule has 0 unspecified atom stereocenters. The van der Waals surface area contributed by atoms with Gasteiger partial charge in [0.2, 0.25) is 0 Å². The normalized spacial score (nSPS) is 8.94. The van der Waals surface area contributed by atoms with Crippen molar-refractivity contribution in [2.45, 2.75) is 41.5 Å². The first-order chi connectivity index (χ1) is 7.68. The summed E-state index contributed by atoms with van der Waals surface area (Å²) in [4.78, 5) is 0. The minimum atomic E-state index is -0.281. The molecule has 2 heteroatoms. The third-order valence-electron chi connectivity index (χ3n) is 1.96. The monoisotopic (exact) mass is 224 g/mol. The lowest BCUT2D eigenvalue weighted by atomic mass is 10.1. The molecule has 0 aliphatic rings. The molecule has 0 fully saturated rings. The summed E-state index contributed by atoms with van der Waals surface area (Å²) in [5.74, 6) is -0.281. The van der Waals surface area contributed by atoms with Crippen LogP contribution in [0.2, 0.25) is 0 Å². The Hall–Kier alpha value is -1.31. The van der Waals surface area contributed by atoms with Crippen molar-refractivity contribution in [2.75, 3.05) is 0 Å². The molecule has 0 bridgehead atoms. The number of aryl methyl sites for hydroxylation is 2. The second kappa shape index (κ2) is 7.04. The maximum atomic E-state index is 13.0. The maximum absolute atomic E-state index is 13.0. The Morgan fingerprint density at radius 2 is 1.56 bits per heavy atom. The van der Waals surface area contributed by atoms with E-state index in [9.17, 15) is 4.39 Å². The van der Waals surface area contributed by atoms with Gasteiger partial charge in [-0.2, -0.15) is 0 Å². The van der Waals surface area contributed by atoms with E-state index in [4.69, 9.17) is 4.42 Å². The molecule has 2 rings (SSSR count). The third-order valence-corrected chi connectivity index (χ3v) is 1.96. The summed E-state index contributed by atoms with van der Waals surface area (Å²) in [6.07, 6.45) is 1.15. The molecule has 2 aromatic rings. The van der Waals surface area contributed by atoms with Crippen LogP contribution in [-0.4, -0.2) is 0 Å². The Morgan fingerprint density at radius 3 is 2.12 bits per heavy atom. The molecule has 1 aromatic carbocycles. The van der Waals surface area contributed by atoms with Gasteiger partial charge in [-0.3, -0.25) is 0 Å². The molecule has 1 nitrogen and oxygen atoms in total. The second-order valence-corrected chi connectivity index (χ2v) is 3.04. The van der Waals surface area contributed by atoms with Crippen molar-refractivity contribution < 1.29 is 8.81 Å². The van der Waals surface area contributed by atoms with Crippen molar-refractivity contribution in [3.8, 4) is 0 Å². The van der Waals surface area contributed by atoms with Gasteiger partial charge in [-0.15, -0.1) is 0 Å². The summed E-state index contributed by atoms with van der Waals surface area (Å²) in [6.45, 7) is 11.9. The van der Waals surface area contributed by atoms with Crippen molar-refractivity contribution >= 4 is 11.0 Å². The second-order valence-electron chi connectivity index (χ2n) is 3.04. The van der Waals surface area contributed by atoms with Gasteiger partial charge in [-0.1, -0.05) is 33.8 Å². The van der Waals surface area contributed by atoms with E-state index < -0.39 is 0 Å². The van der Waals surface area contributed by atoms with Crippen LogP contribution in [0.4, 0.5) is 4.39 Å². The number of fused-ring (bicyclic) bond motifs is 1. The van der Waals surface area contributed by atoms with Gasteiger partial charge in [0.1, 0.15) is 11.8 Å². The average Bonchev–Trinajstić information content (AvgIpc) is 2.67. The number of halogens is 1. The Bertz CT molecular complexity index is 429. The van der Waals surface area contributed by atoms with Crippen LogP contribution in [-0.2, 0) is 0 Å². The van der Waals surface area contributed by atoms with E-state index in [1.54, 1.807) is 6.07 Å². The number of rotatable bonds is 0. The SMILES string of the molecule is CC.CC.Cc1cc(C)c2occ(F)c2c1. The lowest BCUT2D eigenvalue weighted by Gasteiger charge is -1.96. The van der Waals surface area contributed by atoms with Crippen LogP contribution in [0.25, 0.3) is 11.0 Å². The van der Waals surface area contributed by atoms with Crippen molar-refractivity contribution in [3.63, 3.8) is 0 Å². The van der Waals surface area contributed by atoms with Crippen molar-refractivity contribution in [1.82, 2.24) is 0 Å². The highest BCUT2D eigenvalue weighted by Gasteiger charge is 2.07. The molecule has 0 amide bonds. The van der Waals surface area contributed by atoms with E-state index in [-0.39, 0.29) is 5.82 Å². The van der Waals surface area contributed by atoms with Crippen molar-refractivity contribution in [3.05, 3.63) is 35.3 Å². The third kappa shape index (κ3) is 3.09. The summed E-state index contributed by atoms with van der Waals surface area (Å²) in [5, 5.41) is 0.576. The van der Waals surface area contributed by atoms with Gasteiger partial charge in [0.15, 0.2) is 5.82 Å². The van der Waals surface area contributed by atoms with E-state index in [1.165, 1.54) is 0 Å². The Kier molecular flexibility index (Phi) is 6.47. The van der Waals surface area contributed by atoms with Gasteiger partial charge in [0, 0.05) is 0 Å². The lowest BCUT2D eigenvalue weighted by molar-refractivity contribution is 0.557. The molecule has 16 heavy (non-hydrogen) atoms. The standard InChI is InChI=1S/C10H9FO.2C2H6/c1-6-3-7(2)10-8(4-6)9(11)5-12-10;2*1-2/h3-5H,1-2H3;2*1-2H3. The van der Waals surface area contributed by atoms with Gasteiger partial charge < -0.3 is 4.42 Å². The van der Waals surface area contributed by atoms with E-state index in [2.05, 4.69) is 0 Å². The summed E-state index contributed by atoms with van der Waals surface area (Å²) in [6, 6.07) is 3.77. The van der Waals surface area contributed by atoms with Crippen LogP contribution in [0.15, 0.2) is 22.8 Å². The molecule has 0 aliphatic carbocycles. The van der Waals surface area contributed by atoms with Crippen LogP contribution in [0.3, 0.4) is 0 Å². The summed E-state index contributed by atoms with van der Waals surface area (Å²) < 4.78 is 18.1. The Morgan fingerprint density at radius 1 is 1.00 bits per heavy atom. The van der Waals surface area contributed by atoms with Crippen LogP contribution in [0, 0.1) is 19.7 Å². The Balaban J connectivity index is 0.000000509. The van der Waals surface area contributed by atoms with Gasteiger partial charge in [0.05, 0.1) is 5.39 Å². The minimum absolute atomic E-state index is 0.281. The van der Waals surface area contributed by atoms with Crippen LogP contribution in [0.1, 0.15) is 38.8 Å². The van der Waals surface area contributed by atoms with E-state index in [0.29, 0.717) is 11.0 Å². The molecule has 90 valence electrons. The predicted molar refractivity (Wildman–Crippen MR) is 68.3 cm³/mol. The molecule has 0 radical (unpaired) electrons. The average molecular weight is 224 g/mol. The number of benzene rings is 1. The number of furan rings is 1. The fourth-order valence-corrected chi connectivity index (χ4v) is 1.46. The topological polar surface area (TPSA) is 13.1 Å². The molecular weight excluding hydrogens is 203 g/mol. The first kappa shape index (κ1) is 14.7. The summed E-state index contributed by atoms with van der Waals surface area (Å²) in [5.41, 5.74) is 2.69. The molecular formula is C14H21FO. The van der Waals surface area contributed by atoms with Gasteiger partial charge in [0.25, 0.3) is 0 Å². The highest BCUT2D eigenvalue weighted by molar-refractivity contribution is 5.81. The minimum Gasteiger partial charge on any atom is -0.461 e. The zero-order valence-electron chi connectivity index (χ0n) is 11.0. The quantitative estimate of drug-likeness (QED) is 0.596. The molecule has 0 N–H and O–H groups in total. The fourth-order valence-electron chi connectivity index (χ4n) is 1.46. The molecule has 0 saturated heterocycles. The van der Waals surface area contributed by atoms with Crippen molar-refractivity contribution in [1.29, 1.82) is 0 Å². The zero-order valence-corrected chi connectivity index (χ0v) is 11.0. The predicted octanol–water partition coefficient (Wildman–Crippen LogP) is 5.24. The lowest BCUT2D eigenvalue weighted by Crippen LogP contribution is -1.78. The zero-order chi connectivity index (χ0) is 12.7. The molecule has 1 heterocycles. The first-order valence-electron chi connectivity index (χ1n) is 5.82. The van der Waals surface area contributed by atoms with Crippen LogP contribution >= 0.6 is 0 Å². The molecule has 1 aromatic heterocycles. The van der Waals surface area contributed by atoms with Gasteiger partial charge in [-0.05, 0) is 31.0 Å². The van der Waals surface area contributed by atoms with Crippen LogP contribution in [0.5, 0.6) is 0 Å². The molecule has 0 saturated carbocycles. The van der Waals surface area contributed by atoms with Crippen molar-refractivity contribution in [2.24, 2.45) is 0 Å². The molecule has 0 spiro atoms. The first-order valence-corrected chi connectivity index (χ1v) is 5.82. The number of hydrogen-bond acceptors (Lipinski definition) is 1. The maximum Gasteiger partial charge on any atom is 0.169 e.